The van der Waals surface area contributed by atoms with E-state index < -0.39 is 0 Å². The number of carbonyl (C=O) groups is 2. The van der Waals surface area contributed by atoms with E-state index in [1.165, 1.54) is 0 Å². The Bertz CT molecular complexity index is 1070. The predicted octanol–water partition coefficient (Wildman–Crippen LogP) is 4.83. The van der Waals surface area contributed by atoms with E-state index in [9.17, 15) is 9.59 Å². The number of nitrogens with one attached hydrogen (secondary N) is 1. The minimum absolute atomic E-state index is 0.0584. The summed E-state index contributed by atoms with van der Waals surface area (Å²) in [5.74, 6) is 0.202. The lowest BCUT2D eigenvalue weighted by Gasteiger charge is -2.24. The highest BCUT2D eigenvalue weighted by Gasteiger charge is 2.33. The van der Waals surface area contributed by atoms with Gasteiger partial charge in [-0.3, -0.25) is 14.5 Å². The zero-order valence-corrected chi connectivity index (χ0v) is 18.8. The lowest BCUT2D eigenvalue weighted by molar-refractivity contribution is -0.115. The van der Waals surface area contributed by atoms with Crippen LogP contribution in [0.1, 0.15) is 26.9 Å². The number of hydrogen-bond acceptors (Lipinski definition) is 4. The second-order valence-corrected chi connectivity index (χ2v) is 8.95. The molecule has 3 aromatic carbocycles. The Morgan fingerprint density at radius 1 is 1.03 bits per heavy atom. The first kappa shape index (κ1) is 20.6. The Labute approximate surface area is 192 Å². The number of anilines is 1. The molecule has 7 heteroatoms. The van der Waals surface area contributed by atoms with Gasteiger partial charge in [-0.15, -0.1) is 11.8 Å². The zero-order valence-electron chi connectivity index (χ0n) is 15.9. The summed E-state index contributed by atoms with van der Waals surface area (Å²) in [5.41, 5.74) is 5.78. The van der Waals surface area contributed by atoms with Crippen LogP contribution in [0.15, 0.2) is 84.0 Å². The van der Waals surface area contributed by atoms with E-state index in [-0.39, 0.29) is 17.2 Å². The van der Waals surface area contributed by atoms with Crippen LogP contribution in [0.25, 0.3) is 0 Å². The lowest BCUT2D eigenvalue weighted by Crippen LogP contribution is -2.28. The van der Waals surface area contributed by atoms with Crippen LogP contribution in [0.3, 0.4) is 0 Å². The fourth-order valence-corrected chi connectivity index (χ4v) is 4.66. The number of benzene rings is 3. The molecule has 1 N–H and O–H groups in total. The van der Waals surface area contributed by atoms with Gasteiger partial charge in [0, 0.05) is 14.8 Å². The first-order valence-electron chi connectivity index (χ1n) is 9.29. The van der Waals surface area contributed by atoms with Crippen LogP contribution in [0.2, 0.25) is 0 Å². The van der Waals surface area contributed by atoms with Gasteiger partial charge in [-0.05, 0) is 70.1 Å². The molecule has 1 heterocycles. The Hall–Kier alpha value is -2.65. The molecule has 0 bridgehead atoms. The molecule has 1 aliphatic rings. The molecule has 1 saturated heterocycles. The summed E-state index contributed by atoms with van der Waals surface area (Å²) in [5, 5.41) is 3.96. The SMILES string of the molecule is O=C(NN=Cc1ccc(I)cc1)c1ccc(N2C(=O)CS[C@@H]2c2ccccc2)cc1. The largest absolute Gasteiger partial charge is 0.295 e. The molecular formula is C23H18IN3O2S. The normalized spacial score (nSPS) is 16.2. The monoisotopic (exact) mass is 527 g/mol. The number of rotatable bonds is 5. The third-order valence-electron chi connectivity index (χ3n) is 4.61. The van der Waals surface area contributed by atoms with Gasteiger partial charge in [-0.25, -0.2) is 5.43 Å². The minimum Gasteiger partial charge on any atom is -0.295 e. The molecule has 0 aromatic heterocycles. The smallest absolute Gasteiger partial charge is 0.271 e. The molecule has 150 valence electrons. The molecule has 0 unspecified atom stereocenters. The molecule has 1 fully saturated rings. The Kier molecular flexibility index (Phi) is 6.49. The summed E-state index contributed by atoms with van der Waals surface area (Å²) >= 11 is 3.84. The highest BCUT2D eigenvalue weighted by atomic mass is 127. The number of halogens is 1. The number of hydrogen-bond donors (Lipinski definition) is 1. The van der Waals surface area contributed by atoms with Gasteiger partial charge in [0.25, 0.3) is 5.91 Å². The van der Waals surface area contributed by atoms with Crippen molar-refractivity contribution in [3.63, 3.8) is 0 Å². The fourth-order valence-electron chi connectivity index (χ4n) is 3.12. The number of thioether (sulfide) groups is 1. The van der Waals surface area contributed by atoms with Crippen LogP contribution in [0.4, 0.5) is 5.69 Å². The molecule has 0 spiro atoms. The number of hydrazone groups is 1. The topological polar surface area (TPSA) is 61.8 Å². The van der Waals surface area contributed by atoms with Crippen LogP contribution in [-0.2, 0) is 4.79 Å². The molecule has 4 rings (SSSR count). The second kappa shape index (κ2) is 9.44. The third-order valence-corrected chi connectivity index (χ3v) is 6.54. The van der Waals surface area contributed by atoms with Crippen LogP contribution in [0.5, 0.6) is 0 Å². The van der Waals surface area contributed by atoms with Crippen molar-refractivity contribution < 1.29 is 9.59 Å². The fraction of sp³-hybridized carbons (Fsp3) is 0.0870. The molecule has 0 saturated carbocycles. The van der Waals surface area contributed by atoms with Crippen molar-refractivity contribution in [3.8, 4) is 0 Å². The van der Waals surface area contributed by atoms with Crippen molar-refractivity contribution in [2.75, 3.05) is 10.7 Å². The summed E-state index contributed by atoms with van der Waals surface area (Å²) < 4.78 is 1.14. The van der Waals surface area contributed by atoms with Crippen molar-refractivity contribution in [3.05, 3.63) is 99.1 Å². The summed E-state index contributed by atoms with van der Waals surface area (Å²) in [4.78, 5) is 26.6. The van der Waals surface area contributed by atoms with Gasteiger partial charge in [-0.1, -0.05) is 42.5 Å². The van der Waals surface area contributed by atoms with Gasteiger partial charge >= 0.3 is 0 Å². The average Bonchev–Trinajstić information content (AvgIpc) is 3.17. The van der Waals surface area contributed by atoms with Crippen molar-refractivity contribution in [1.29, 1.82) is 0 Å². The molecule has 1 aliphatic heterocycles. The van der Waals surface area contributed by atoms with Crippen molar-refractivity contribution in [1.82, 2.24) is 5.43 Å². The summed E-state index contributed by atoms with van der Waals surface area (Å²) in [7, 11) is 0. The van der Waals surface area contributed by atoms with Crippen molar-refractivity contribution in [2.45, 2.75) is 5.37 Å². The standard InChI is InChI=1S/C23H18IN3O2S/c24-19-10-6-16(7-11-19)14-25-26-22(29)17-8-12-20(13-9-17)27-21(28)15-30-23(27)18-4-2-1-3-5-18/h1-14,23H,15H2,(H,26,29)/t23-/m1/s1. The number of carbonyl (C=O) groups excluding carboxylic acids is 2. The van der Waals surface area contributed by atoms with Gasteiger partial charge in [0.15, 0.2) is 0 Å². The van der Waals surface area contributed by atoms with Crippen LogP contribution in [0, 0.1) is 3.57 Å². The van der Waals surface area contributed by atoms with E-state index in [4.69, 9.17) is 0 Å². The van der Waals surface area contributed by atoms with Crippen LogP contribution in [-0.4, -0.2) is 23.8 Å². The zero-order chi connectivity index (χ0) is 20.9. The third kappa shape index (κ3) is 4.73. The van der Waals surface area contributed by atoms with E-state index in [2.05, 4.69) is 33.1 Å². The van der Waals surface area contributed by atoms with Crippen LogP contribution >= 0.6 is 34.4 Å². The highest BCUT2D eigenvalue weighted by molar-refractivity contribution is 14.1. The molecule has 5 nitrogen and oxygen atoms in total. The summed E-state index contributed by atoms with van der Waals surface area (Å²) in [6.07, 6.45) is 1.60. The molecule has 3 aromatic rings. The number of amides is 2. The van der Waals surface area contributed by atoms with E-state index in [1.807, 2.05) is 54.6 Å². The maximum atomic E-state index is 12.5. The van der Waals surface area contributed by atoms with Gasteiger partial charge < -0.3 is 0 Å². The average molecular weight is 527 g/mol. The maximum absolute atomic E-state index is 12.5. The number of nitrogens with zero attached hydrogens (tertiary/aromatic N) is 2. The maximum Gasteiger partial charge on any atom is 0.271 e. The molecule has 30 heavy (non-hydrogen) atoms. The predicted molar refractivity (Wildman–Crippen MR) is 130 cm³/mol. The molecule has 0 radical (unpaired) electrons. The van der Waals surface area contributed by atoms with Gasteiger partial charge in [0.2, 0.25) is 5.91 Å². The Balaban J connectivity index is 1.44. The highest BCUT2D eigenvalue weighted by Crippen LogP contribution is 2.41. The van der Waals surface area contributed by atoms with E-state index in [0.717, 1.165) is 20.4 Å². The molecule has 0 aliphatic carbocycles. The van der Waals surface area contributed by atoms with E-state index in [0.29, 0.717) is 11.3 Å². The molecular weight excluding hydrogens is 509 g/mol. The Morgan fingerprint density at radius 3 is 2.43 bits per heavy atom. The molecule has 1 atom stereocenters. The van der Waals surface area contributed by atoms with Crippen molar-refractivity contribution >= 4 is 58.1 Å². The van der Waals surface area contributed by atoms with Gasteiger partial charge in [-0.2, -0.15) is 5.10 Å². The van der Waals surface area contributed by atoms with Crippen LogP contribution < -0.4 is 10.3 Å². The van der Waals surface area contributed by atoms with Gasteiger partial charge in [0.05, 0.1) is 12.0 Å². The first-order valence-corrected chi connectivity index (χ1v) is 11.4. The van der Waals surface area contributed by atoms with Crippen molar-refractivity contribution in [2.24, 2.45) is 5.10 Å². The van der Waals surface area contributed by atoms with E-state index in [1.54, 1.807) is 47.1 Å². The minimum atomic E-state index is -0.301. The summed E-state index contributed by atoms with van der Waals surface area (Å²) in [6, 6.07) is 24.8. The quantitative estimate of drug-likeness (QED) is 0.294. The first-order chi connectivity index (χ1) is 14.6. The Morgan fingerprint density at radius 2 is 1.73 bits per heavy atom. The van der Waals surface area contributed by atoms with E-state index >= 15 is 0 Å². The van der Waals surface area contributed by atoms with Gasteiger partial charge in [0.1, 0.15) is 5.37 Å². The molecule has 2 amide bonds. The summed E-state index contributed by atoms with van der Waals surface area (Å²) in [6.45, 7) is 0. The second-order valence-electron chi connectivity index (χ2n) is 6.64. The lowest BCUT2D eigenvalue weighted by atomic mass is 10.1.